The van der Waals surface area contributed by atoms with Gasteiger partial charge in [-0.15, -0.1) is 0 Å². The van der Waals surface area contributed by atoms with Crippen molar-refractivity contribution in [3.63, 3.8) is 0 Å². The van der Waals surface area contributed by atoms with E-state index in [2.05, 4.69) is 24.3 Å². The maximum atomic E-state index is 5.97. The molecule has 0 aromatic heterocycles. The van der Waals surface area contributed by atoms with Crippen LogP contribution in [0.4, 0.5) is 0 Å². The molecule has 120 valence electrons. The summed E-state index contributed by atoms with van der Waals surface area (Å²) in [7, 11) is 3.41. The smallest absolute Gasteiger partial charge is 0.152 e. The number of benzene rings is 3. The molecule has 1 heterocycles. The third-order valence-electron chi connectivity index (χ3n) is 4.42. The van der Waals surface area contributed by atoms with Gasteiger partial charge >= 0.3 is 0 Å². The highest BCUT2D eigenvalue weighted by Crippen LogP contribution is 2.48. The Morgan fingerprint density at radius 1 is 0.792 bits per heavy atom. The first-order chi connectivity index (χ1) is 11.8. The third kappa shape index (κ3) is 2.13. The van der Waals surface area contributed by atoms with Crippen LogP contribution >= 0.6 is 0 Å². The van der Waals surface area contributed by atoms with E-state index < -0.39 is 0 Å². The van der Waals surface area contributed by atoms with Gasteiger partial charge in [0.2, 0.25) is 0 Å². The fourth-order valence-electron chi connectivity index (χ4n) is 3.41. The standard InChI is InChI=1S/C21H18O3/c1-22-20-15-10-6-7-11-16(15)21(23-2)18-17(20)12-13-24-19(18)14-8-4-3-5-9-14/h3-13,19H,1-2H3. The highest BCUT2D eigenvalue weighted by Gasteiger charge is 2.29. The van der Waals surface area contributed by atoms with Gasteiger partial charge in [0.25, 0.3) is 0 Å². The van der Waals surface area contributed by atoms with Crippen LogP contribution in [-0.2, 0) is 4.74 Å². The van der Waals surface area contributed by atoms with E-state index in [9.17, 15) is 0 Å². The van der Waals surface area contributed by atoms with Crippen molar-refractivity contribution in [3.8, 4) is 11.5 Å². The lowest BCUT2D eigenvalue weighted by Crippen LogP contribution is -2.11. The van der Waals surface area contributed by atoms with Gasteiger partial charge in [-0.05, 0) is 11.6 Å². The normalized spacial score (nSPS) is 15.7. The number of hydrogen-bond acceptors (Lipinski definition) is 3. The van der Waals surface area contributed by atoms with Crippen LogP contribution in [0, 0.1) is 0 Å². The monoisotopic (exact) mass is 318 g/mol. The first-order valence-electron chi connectivity index (χ1n) is 7.88. The maximum absolute atomic E-state index is 5.97. The van der Waals surface area contributed by atoms with Crippen molar-refractivity contribution in [2.45, 2.75) is 6.10 Å². The van der Waals surface area contributed by atoms with Gasteiger partial charge in [-0.25, -0.2) is 0 Å². The summed E-state index contributed by atoms with van der Waals surface area (Å²) >= 11 is 0. The molecule has 1 aliphatic heterocycles. The Bertz CT molecular complexity index is 913. The summed E-state index contributed by atoms with van der Waals surface area (Å²) < 4.78 is 17.5. The molecule has 0 saturated heterocycles. The lowest BCUT2D eigenvalue weighted by atomic mass is 9.90. The van der Waals surface area contributed by atoms with E-state index in [1.807, 2.05) is 36.4 Å². The van der Waals surface area contributed by atoms with Crippen LogP contribution in [0.2, 0.25) is 0 Å². The van der Waals surface area contributed by atoms with Crippen LogP contribution in [-0.4, -0.2) is 14.2 Å². The zero-order chi connectivity index (χ0) is 16.5. The largest absolute Gasteiger partial charge is 0.496 e. The van der Waals surface area contributed by atoms with Gasteiger partial charge < -0.3 is 14.2 Å². The molecule has 0 aliphatic carbocycles. The topological polar surface area (TPSA) is 27.7 Å². The second-order valence-electron chi connectivity index (χ2n) is 5.67. The molecule has 0 spiro atoms. The van der Waals surface area contributed by atoms with Crippen LogP contribution in [0.3, 0.4) is 0 Å². The Morgan fingerprint density at radius 3 is 2.08 bits per heavy atom. The molecule has 3 aromatic rings. The molecule has 0 saturated carbocycles. The van der Waals surface area contributed by atoms with Crippen molar-refractivity contribution in [3.05, 3.63) is 77.5 Å². The molecule has 0 fully saturated rings. The summed E-state index contributed by atoms with van der Waals surface area (Å²) in [4.78, 5) is 0. The zero-order valence-corrected chi connectivity index (χ0v) is 13.7. The van der Waals surface area contributed by atoms with Gasteiger partial charge in [0.15, 0.2) is 6.10 Å². The number of ether oxygens (including phenoxy) is 3. The lowest BCUT2D eigenvalue weighted by Gasteiger charge is -2.28. The van der Waals surface area contributed by atoms with Crippen LogP contribution in [0.15, 0.2) is 60.9 Å². The van der Waals surface area contributed by atoms with Gasteiger partial charge in [-0.3, -0.25) is 0 Å². The zero-order valence-electron chi connectivity index (χ0n) is 13.7. The van der Waals surface area contributed by atoms with E-state index in [0.29, 0.717) is 0 Å². The predicted molar refractivity (Wildman–Crippen MR) is 95.5 cm³/mol. The molecule has 4 rings (SSSR count). The molecule has 3 aromatic carbocycles. The molecule has 0 N–H and O–H groups in total. The van der Waals surface area contributed by atoms with Crippen LogP contribution in [0.25, 0.3) is 16.8 Å². The van der Waals surface area contributed by atoms with Gasteiger partial charge in [0.1, 0.15) is 11.5 Å². The Morgan fingerprint density at radius 2 is 1.42 bits per heavy atom. The molecular weight excluding hydrogens is 300 g/mol. The Balaban J connectivity index is 2.08. The molecule has 0 amide bonds. The van der Waals surface area contributed by atoms with Crippen molar-refractivity contribution in [2.24, 2.45) is 0 Å². The van der Waals surface area contributed by atoms with Crippen molar-refractivity contribution in [1.82, 2.24) is 0 Å². The van der Waals surface area contributed by atoms with E-state index in [1.54, 1.807) is 20.5 Å². The molecule has 1 atom stereocenters. The summed E-state index contributed by atoms with van der Waals surface area (Å²) in [6.45, 7) is 0. The van der Waals surface area contributed by atoms with Crippen LogP contribution in [0.1, 0.15) is 22.8 Å². The van der Waals surface area contributed by atoms with E-state index in [4.69, 9.17) is 14.2 Å². The first-order valence-corrected chi connectivity index (χ1v) is 7.88. The predicted octanol–water partition coefficient (Wildman–Crippen LogP) is 4.95. The minimum absolute atomic E-state index is 0.223. The Kier molecular flexibility index (Phi) is 3.62. The molecule has 1 aliphatic rings. The van der Waals surface area contributed by atoms with Gasteiger partial charge in [0.05, 0.1) is 26.0 Å². The van der Waals surface area contributed by atoms with E-state index in [1.165, 1.54) is 0 Å². The van der Waals surface area contributed by atoms with Gasteiger partial charge in [0, 0.05) is 16.3 Å². The van der Waals surface area contributed by atoms with Crippen LogP contribution < -0.4 is 9.47 Å². The van der Waals surface area contributed by atoms with Crippen molar-refractivity contribution >= 4 is 16.8 Å². The number of fused-ring (bicyclic) bond motifs is 2. The summed E-state index contributed by atoms with van der Waals surface area (Å²) in [5.74, 6) is 1.68. The lowest BCUT2D eigenvalue weighted by molar-refractivity contribution is 0.176. The van der Waals surface area contributed by atoms with Crippen molar-refractivity contribution in [2.75, 3.05) is 14.2 Å². The highest BCUT2D eigenvalue weighted by atomic mass is 16.5. The number of methoxy groups -OCH3 is 2. The number of hydrogen-bond donors (Lipinski definition) is 0. The third-order valence-corrected chi connectivity index (χ3v) is 4.42. The summed E-state index contributed by atoms with van der Waals surface area (Å²) in [5, 5.41) is 2.06. The molecule has 0 bridgehead atoms. The number of rotatable bonds is 3. The van der Waals surface area contributed by atoms with Gasteiger partial charge in [-0.1, -0.05) is 54.6 Å². The average Bonchev–Trinajstić information content (AvgIpc) is 2.66. The van der Waals surface area contributed by atoms with E-state index in [0.717, 1.165) is 39.0 Å². The quantitative estimate of drug-likeness (QED) is 0.684. The molecule has 0 radical (unpaired) electrons. The Hall–Kier alpha value is -2.94. The SMILES string of the molecule is COc1c2c(c(OC)c3ccccc13)C(c1ccccc1)OC=C2. The highest BCUT2D eigenvalue weighted by molar-refractivity contribution is 5.98. The summed E-state index contributed by atoms with van der Waals surface area (Å²) in [5.41, 5.74) is 3.09. The fraction of sp³-hybridized carbons (Fsp3) is 0.143. The fourth-order valence-corrected chi connectivity index (χ4v) is 3.41. The molecule has 3 heteroatoms. The maximum Gasteiger partial charge on any atom is 0.152 e. The van der Waals surface area contributed by atoms with Crippen molar-refractivity contribution < 1.29 is 14.2 Å². The molecular formula is C21H18O3. The minimum atomic E-state index is -0.223. The molecule has 3 nitrogen and oxygen atoms in total. The van der Waals surface area contributed by atoms with Crippen molar-refractivity contribution in [1.29, 1.82) is 0 Å². The average molecular weight is 318 g/mol. The van der Waals surface area contributed by atoms with E-state index >= 15 is 0 Å². The summed E-state index contributed by atoms with van der Waals surface area (Å²) in [6, 6.07) is 18.3. The Labute approximate surface area is 141 Å². The second-order valence-corrected chi connectivity index (χ2v) is 5.67. The van der Waals surface area contributed by atoms with E-state index in [-0.39, 0.29) is 6.10 Å². The van der Waals surface area contributed by atoms with Gasteiger partial charge in [-0.2, -0.15) is 0 Å². The molecule has 24 heavy (non-hydrogen) atoms. The molecule has 1 unspecified atom stereocenters. The first kappa shape index (κ1) is 14.6. The minimum Gasteiger partial charge on any atom is -0.496 e. The van der Waals surface area contributed by atoms with Crippen LogP contribution in [0.5, 0.6) is 11.5 Å². The second kappa shape index (κ2) is 5.93. The summed E-state index contributed by atoms with van der Waals surface area (Å²) in [6.07, 6.45) is 3.46.